The number of amides is 1. The predicted molar refractivity (Wildman–Crippen MR) is 90.2 cm³/mol. The molecule has 2 heterocycles. The number of halogens is 1. The highest BCUT2D eigenvalue weighted by molar-refractivity contribution is 7.17. The summed E-state index contributed by atoms with van der Waals surface area (Å²) in [4.78, 5) is 17.8. The van der Waals surface area contributed by atoms with E-state index in [2.05, 4.69) is 10.3 Å². The molecule has 22 heavy (non-hydrogen) atoms. The summed E-state index contributed by atoms with van der Waals surface area (Å²) in [5, 5.41) is 3.59. The van der Waals surface area contributed by atoms with Gasteiger partial charge < -0.3 is 5.32 Å². The van der Waals surface area contributed by atoms with Gasteiger partial charge in [-0.3, -0.25) is 9.78 Å². The molecule has 0 fully saturated rings. The van der Waals surface area contributed by atoms with Crippen molar-refractivity contribution < 1.29 is 4.79 Å². The van der Waals surface area contributed by atoms with Crippen molar-refractivity contribution in [3.63, 3.8) is 0 Å². The van der Waals surface area contributed by atoms with Crippen LogP contribution in [-0.4, -0.2) is 10.9 Å². The summed E-state index contributed by atoms with van der Waals surface area (Å²) in [6.07, 6.45) is 3.42. The Morgan fingerprint density at radius 2 is 1.86 bits per heavy atom. The predicted octanol–water partition coefficient (Wildman–Crippen LogP) is 4.39. The highest BCUT2D eigenvalue weighted by Gasteiger charge is 2.11. The lowest BCUT2D eigenvalue weighted by atomic mass is 10.2. The molecule has 110 valence electrons. The summed E-state index contributed by atoms with van der Waals surface area (Å²) >= 11 is 7.62. The van der Waals surface area contributed by atoms with E-state index in [4.69, 9.17) is 11.6 Å². The summed E-state index contributed by atoms with van der Waals surface area (Å²) in [5.74, 6) is -0.0832. The lowest BCUT2D eigenvalue weighted by Gasteiger charge is -2.03. The van der Waals surface area contributed by atoms with E-state index in [-0.39, 0.29) is 5.91 Å². The number of carbonyl (C=O) groups excluding carboxylic acids is 1. The number of aromatic nitrogens is 1. The Balaban J connectivity index is 1.71. The van der Waals surface area contributed by atoms with Gasteiger partial charge in [-0.2, -0.15) is 0 Å². The third-order valence-electron chi connectivity index (χ3n) is 3.17. The SMILES string of the molecule is O=C(NCc1ccncc1)c1ccc(-c2ccccc2Cl)s1. The van der Waals surface area contributed by atoms with E-state index in [0.717, 1.165) is 16.0 Å². The van der Waals surface area contributed by atoms with Crippen LogP contribution in [0.2, 0.25) is 5.02 Å². The van der Waals surface area contributed by atoms with Gasteiger partial charge in [0.1, 0.15) is 0 Å². The number of hydrogen-bond acceptors (Lipinski definition) is 3. The monoisotopic (exact) mass is 328 g/mol. The van der Waals surface area contributed by atoms with Crippen molar-refractivity contribution in [2.24, 2.45) is 0 Å². The Morgan fingerprint density at radius 1 is 1.09 bits per heavy atom. The number of pyridine rings is 1. The van der Waals surface area contributed by atoms with Crippen molar-refractivity contribution in [1.29, 1.82) is 0 Å². The number of nitrogens with zero attached hydrogens (tertiary/aromatic N) is 1. The molecule has 0 radical (unpaired) electrons. The molecular weight excluding hydrogens is 316 g/mol. The first-order valence-corrected chi connectivity index (χ1v) is 7.95. The summed E-state index contributed by atoms with van der Waals surface area (Å²) in [7, 11) is 0. The van der Waals surface area contributed by atoms with Gasteiger partial charge in [-0.15, -0.1) is 11.3 Å². The Labute approximate surface area is 137 Å². The van der Waals surface area contributed by atoms with E-state index in [0.29, 0.717) is 16.4 Å². The van der Waals surface area contributed by atoms with Crippen LogP contribution in [0.3, 0.4) is 0 Å². The summed E-state index contributed by atoms with van der Waals surface area (Å²) in [5.41, 5.74) is 1.97. The minimum atomic E-state index is -0.0832. The molecular formula is C17H13ClN2OS. The molecule has 0 atom stereocenters. The van der Waals surface area contributed by atoms with Crippen LogP contribution < -0.4 is 5.32 Å². The fourth-order valence-corrected chi connectivity index (χ4v) is 3.29. The molecule has 3 aromatic rings. The van der Waals surface area contributed by atoms with E-state index in [1.807, 2.05) is 48.5 Å². The van der Waals surface area contributed by atoms with Crippen LogP contribution in [0.15, 0.2) is 60.9 Å². The zero-order valence-electron chi connectivity index (χ0n) is 11.6. The summed E-state index contributed by atoms with van der Waals surface area (Å²) in [6.45, 7) is 0.487. The largest absolute Gasteiger partial charge is 0.347 e. The minimum Gasteiger partial charge on any atom is -0.347 e. The van der Waals surface area contributed by atoms with E-state index in [9.17, 15) is 4.79 Å². The smallest absolute Gasteiger partial charge is 0.261 e. The first kappa shape index (κ1) is 14.8. The third kappa shape index (κ3) is 3.35. The average molecular weight is 329 g/mol. The van der Waals surface area contributed by atoms with Gasteiger partial charge in [-0.05, 0) is 35.9 Å². The number of hydrogen-bond donors (Lipinski definition) is 1. The van der Waals surface area contributed by atoms with Gasteiger partial charge in [0, 0.05) is 34.4 Å². The second-order valence-electron chi connectivity index (χ2n) is 4.68. The van der Waals surface area contributed by atoms with Gasteiger partial charge in [0.25, 0.3) is 5.91 Å². The van der Waals surface area contributed by atoms with Crippen LogP contribution in [0, 0.1) is 0 Å². The molecule has 3 rings (SSSR count). The molecule has 0 aliphatic heterocycles. The zero-order valence-corrected chi connectivity index (χ0v) is 13.2. The fraction of sp³-hybridized carbons (Fsp3) is 0.0588. The van der Waals surface area contributed by atoms with E-state index < -0.39 is 0 Å². The normalized spacial score (nSPS) is 10.4. The number of rotatable bonds is 4. The molecule has 0 aliphatic carbocycles. The van der Waals surface area contributed by atoms with Crippen molar-refractivity contribution in [2.45, 2.75) is 6.54 Å². The number of nitrogens with one attached hydrogen (secondary N) is 1. The zero-order chi connectivity index (χ0) is 15.4. The van der Waals surface area contributed by atoms with Crippen LogP contribution >= 0.6 is 22.9 Å². The van der Waals surface area contributed by atoms with Gasteiger partial charge in [-0.25, -0.2) is 0 Å². The van der Waals surface area contributed by atoms with E-state index >= 15 is 0 Å². The first-order valence-electron chi connectivity index (χ1n) is 6.76. The molecule has 2 aromatic heterocycles. The van der Waals surface area contributed by atoms with Crippen LogP contribution in [0.1, 0.15) is 15.2 Å². The fourth-order valence-electron chi connectivity index (χ4n) is 2.04. The Bertz CT molecular complexity index is 786. The maximum atomic E-state index is 12.2. The molecule has 0 bridgehead atoms. The topological polar surface area (TPSA) is 42.0 Å². The van der Waals surface area contributed by atoms with Crippen LogP contribution in [0.4, 0.5) is 0 Å². The standard InChI is InChI=1S/C17H13ClN2OS/c18-14-4-2-1-3-13(14)15-5-6-16(22-15)17(21)20-11-12-7-9-19-10-8-12/h1-10H,11H2,(H,20,21). The lowest BCUT2D eigenvalue weighted by Crippen LogP contribution is -2.21. The second kappa shape index (κ2) is 6.73. The lowest BCUT2D eigenvalue weighted by molar-refractivity contribution is 0.0955. The minimum absolute atomic E-state index is 0.0832. The molecule has 5 heteroatoms. The van der Waals surface area contributed by atoms with Crippen molar-refractivity contribution in [2.75, 3.05) is 0 Å². The quantitative estimate of drug-likeness (QED) is 0.771. The third-order valence-corrected chi connectivity index (χ3v) is 4.62. The van der Waals surface area contributed by atoms with Crippen molar-refractivity contribution >= 4 is 28.8 Å². The summed E-state index contributed by atoms with van der Waals surface area (Å²) < 4.78 is 0. The highest BCUT2D eigenvalue weighted by Crippen LogP contribution is 2.33. The van der Waals surface area contributed by atoms with Crippen molar-refractivity contribution in [3.8, 4) is 10.4 Å². The molecule has 0 aliphatic rings. The maximum absolute atomic E-state index is 12.2. The molecule has 0 spiro atoms. The molecule has 0 saturated carbocycles. The van der Waals surface area contributed by atoms with Gasteiger partial charge >= 0.3 is 0 Å². The highest BCUT2D eigenvalue weighted by atomic mass is 35.5. The number of benzene rings is 1. The Morgan fingerprint density at radius 3 is 2.64 bits per heavy atom. The van der Waals surface area contributed by atoms with E-state index in [1.54, 1.807) is 12.4 Å². The first-order chi connectivity index (χ1) is 10.7. The molecule has 0 unspecified atom stereocenters. The maximum Gasteiger partial charge on any atom is 0.261 e. The summed E-state index contributed by atoms with van der Waals surface area (Å²) in [6, 6.07) is 15.1. The molecule has 1 aromatic carbocycles. The van der Waals surface area contributed by atoms with Crippen molar-refractivity contribution in [1.82, 2.24) is 10.3 Å². The average Bonchev–Trinajstić information content (AvgIpc) is 3.04. The van der Waals surface area contributed by atoms with Gasteiger partial charge in [0.2, 0.25) is 0 Å². The second-order valence-corrected chi connectivity index (χ2v) is 6.17. The molecule has 0 saturated heterocycles. The Kier molecular flexibility index (Phi) is 4.51. The molecule has 1 N–H and O–H groups in total. The van der Waals surface area contributed by atoms with Gasteiger partial charge in [0.15, 0.2) is 0 Å². The van der Waals surface area contributed by atoms with Gasteiger partial charge in [0.05, 0.1) is 4.88 Å². The van der Waals surface area contributed by atoms with E-state index in [1.165, 1.54) is 11.3 Å². The van der Waals surface area contributed by atoms with Crippen LogP contribution in [-0.2, 0) is 6.54 Å². The molecule has 3 nitrogen and oxygen atoms in total. The van der Waals surface area contributed by atoms with Crippen LogP contribution in [0.5, 0.6) is 0 Å². The van der Waals surface area contributed by atoms with Crippen LogP contribution in [0.25, 0.3) is 10.4 Å². The number of thiophene rings is 1. The van der Waals surface area contributed by atoms with Crippen molar-refractivity contribution in [3.05, 3.63) is 76.4 Å². The number of carbonyl (C=O) groups is 1. The molecule has 1 amide bonds. The van der Waals surface area contributed by atoms with Gasteiger partial charge in [-0.1, -0.05) is 29.8 Å². The Hall–Kier alpha value is -2.17.